The molecule has 0 radical (unpaired) electrons. The first-order chi connectivity index (χ1) is 12.6. The second-order valence-corrected chi connectivity index (χ2v) is 5.50. The summed E-state index contributed by atoms with van der Waals surface area (Å²) in [4.78, 5) is 28.8. The van der Waals surface area contributed by atoms with E-state index in [9.17, 15) is 14.0 Å². The molecule has 2 N–H and O–H groups in total. The minimum absolute atomic E-state index is 0.184. The van der Waals surface area contributed by atoms with Crippen LogP contribution in [-0.2, 0) is 11.3 Å². The number of rotatable bonds is 5. The average molecular weight is 352 g/mol. The van der Waals surface area contributed by atoms with Crippen molar-refractivity contribution in [3.63, 3.8) is 0 Å². The summed E-state index contributed by atoms with van der Waals surface area (Å²) in [7, 11) is 0. The van der Waals surface area contributed by atoms with Crippen LogP contribution in [-0.4, -0.2) is 15.5 Å². The van der Waals surface area contributed by atoms with E-state index in [0.717, 1.165) is 0 Å². The Morgan fingerprint density at radius 3 is 2.65 bits per heavy atom. The van der Waals surface area contributed by atoms with E-state index in [2.05, 4.69) is 15.8 Å². The Kier molecular flexibility index (Phi) is 5.07. The summed E-state index contributed by atoms with van der Waals surface area (Å²) in [6.07, 6.45) is 2.85. The summed E-state index contributed by atoms with van der Waals surface area (Å²) in [5.74, 6) is -0.521. The van der Waals surface area contributed by atoms with E-state index < -0.39 is 5.91 Å². The summed E-state index contributed by atoms with van der Waals surface area (Å²) in [6, 6.07) is 12.8. The first kappa shape index (κ1) is 17.3. The highest BCUT2D eigenvalue weighted by molar-refractivity contribution is 5.92. The highest BCUT2D eigenvalue weighted by atomic mass is 19.1. The van der Waals surface area contributed by atoms with Gasteiger partial charge in [0, 0.05) is 12.6 Å². The number of halogens is 1. The molecule has 0 spiro atoms. The van der Waals surface area contributed by atoms with Gasteiger partial charge >= 0.3 is 0 Å². The van der Waals surface area contributed by atoms with Crippen LogP contribution in [0.4, 0.5) is 10.3 Å². The molecule has 1 heterocycles. The predicted octanol–water partition coefficient (Wildman–Crippen LogP) is 2.71. The number of aromatic nitrogens is 2. The lowest BCUT2D eigenvalue weighted by Gasteiger charge is -2.13. The summed E-state index contributed by atoms with van der Waals surface area (Å²) in [5.41, 5.74) is 6.21. The number of hydrogen-bond donors (Lipinski definition) is 2. The van der Waals surface area contributed by atoms with Crippen LogP contribution >= 0.6 is 0 Å². The van der Waals surface area contributed by atoms with Crippen LogP contribution in [0.2, 0.25) is 0 Å². The number of para-hydroxylation sites is 1. The largest absolute Gasteiger partial charge is 0.277 e. The molecule has 0 fully saturated rings. The molecule has 1 amide bonds. The predicted molar refractivity (Wildman–Crippen MR) is 98.9 cm³/mol. The Balaban J connectivity index is 1.75. The van der Waals surface area contributed by atoms with Crippen LogP contribution in [0.25, 0.3) is 17.0 Å². The third-order valence-electron chi connectivity index (χ3n) is 3.77. The zero-order valence-electron chi connectivity index (χ0n) is 14.1. The maximum atomic E-state index is 12.9. The van der Waals surface area contributed by atoms with Gasteiger partial charge in [0.2, 0.25) is 5.95 Å². The fraction of sp³-hybridized carbons (Fsp3) is 0.105. The third kappa shape index (κ3) is 3.77. The molecule has 3 aromatic rings. The van der Waals surface area contributed by atoms with Crippen molar-refractivity contribution in [3.05, 3.63) is 76.3 Å². The van der Waals surface area contributed by atoms with Gasteiger partial charge in [0.15, 0.2) is 0 Å². The Morgan fingerprint density at radius 2 is 1.92 bits per heavy atom. The van der Waals surface area contributed by atoms with E-state index in [-0.39, 0.29) is 17.3 Å². The lowest BCUT2D eigenvalue weighted by Crippen LogP contribution is -2.33. The van der Waals surface area contributed by atoms with Crippen LogP contribution in [0.5, 0.6) is 0 Å². The monoisotopic (exact) mass is 352 g/mol. The quantitative estimate of drug-likeness (QED) is 0.547. The van der Waals surface area contributed by atoms with E-state index in [0.29, 0.717) is 23.0 Å². The molecule has 6 nitrogen and oxygen atoms in total. The topological polar surface area (TPSA) is 76.0 Å². The minimum Gasteiger partial charge on any atom is -0.277 e. The number of carbonyl (C=O) groups excluding carboxylic acids is 1. The maximum Gasteiger partial charge on any atom is 0.262 e. The van der Waals surface area contributed by atoms with E-state index in [1.165, 1.54) is 22.8 Å². The van der Waals surface area contributed by atoms with Crippen molar-refractivity contribution in [2.24, 2.45) is 0 Å². The zero-order chi connectivity index (χ0) is 18.5. The lowest BCUT2D eigenvalue weighted by molar-refractivity contribution is -0.116. The fourth-order valence-electron chi connectivity index (χ4n) is 2.46. The van der Waals surface area contributed by atoms with E-state index in [1.54, 1.807) is 42.5 Å². The molecule has 132 valence electrons. The Bertz CT molecular complexity index is 1030. The molecular formula is C19H17FN4O2. The van der Waals surface area contributed by atoms with Crippen LogP contribution in [0.3, 0.4) is 0 Å². The van der Waals surface area contributed by atoms with Crippen molar-refractivity contribution in [3.8, 4) is 0 Å². The van der Waals surface area contributed by atoms with Crippen molar-refractivity contribution >= 4 is 28.8 Å². The van der Waals surface area contributed by atoms with Crippen molar-refractivity contribution in [1.29, 1.82) is 0 Å². The third-order valence-corrected chi connectivity index (χ3v) is 3.77. The maximum absolute atomic E-state index is 12.9. The van der Waals surface area contributed by atoms with Gasteiger partial charge in [-0.25, -0.2) is 9.37 Å². The van der Waals surface area contributed by atoms with Gasteiger partial charge in [0.25, 0.3) is 11.5 Å². The van der Waals surface area contributed by atoms with Crippen molar-refractivity contribution in [1.82, 2.24) is 15.0 Å². The van der Waals surface area contributed by atoms with Crippen LogP contribution < -0.4 is 16.4 Å². The molecule has 2 aromatic carbocycles. The van der Waals surface area contributed by atoms with Gasteiger partial charge in [-0.2, -0.15) is 0 Å². The fourth-order valence-corrected chi connectivity index (χ4v) is 2.46. The van der Waals surface area contributed by atoms with E-state index in [1.807, 2.05) is 6.92 Å². The molecule has 0 aliphatic rings. The molecule has 3 rings (SSSR count). The standard InChI is InChI=1S/C19H17FN4O2/c1-2-24-18(26)15-5-3-4-6-16(15)21-19(24)23-22-17(25)12-9-13-7-10-14(20)11-8-13/h3-12H,2H2,1H3,(H,21,23)(H,22,25)/b12-9+. The number of hydrazine groups is 1. The second kappa shape index (κ2) is 7.60. The van der Waals surface area contributed by atoms with Gasteiger partial charge in [-0.05, 0) is 42.8 Å². The van der Waals surface area contributed by atoms with Gasteiger partial charge in [-0.3, -0.25) is 25.0 Å². The van der Waals surface area contributed by atoms with Crippen molar-refractivity contribution < 1.29 is 9.18 Å². The lowest BCUT2D eigenvalue weighted by atomic mass is 10.2. The number of nitrogens with zero attached hydrogens (tertiary/aromatic N) is 2. The highest BCUT2D eigenvalue weighted by Gasteiger charge is 2.09. The van der Waals surface area contributed by atoms with Gasteiger partial charge in [0.05, 0.1) is 10.9 Å². The first-order valence-electron chi connectivity index (χ1n) is 8.07. The van der Waals surface area contributed by atoms with E-state index >= 15 is 0 Å². The average Bonchev–Trinajstić information content (AvgIpc) is 2.66. The van der Waals surface area contributed by atoms with Crippen LogP contribution in [0.1, 0.15) is 12.5 Å². The number of anilines is 1. The smallest absolute Gasteiger partial charge is 0.262 e. The first-order valence-corrected chi connectivity index (χ1v) is 8.07. The second-order valence-electron chi connectivity index (χ2n) is 5.50. The SMILES string of the molecule is CCn1c(NNC(=O)/C=C/c2ccc(F)cc2)nc2ccccc2c1=O. The van der Waals surface area contributed by atoms with E-state index in [4.69, 9.17) is 0 Å². The molecule has 0 aliphatic heterocycles. The Hall–Kier alpha value is -3.48. The molecule has 26 heavy (non-hydrogen) atoms. The number of amides is 1. The molecule has 0 aliphatic carbocycles. The number of carbonyl (C=O) groups is 1. The minimum atomic E-state index is -0.431. The molecule has 0 unspecified atom stereocenters. The zero-order valence-corrected chi connectivity index (χ0v) is 14.1. The van der Waals surface area contributed by atoms with Gasteiger partial charge in [-0.1, -0.05) is 24.3 Å². The van der Waals surface area contributed by atoms with Gasteiger partial charge in [-0.15, -0.1) is 0 Å². The number of fused-ring (bicyclic) bond motifs is 1. The van der Waals surface area contributed by atoms with Crippen LogP contribution in [0, 0.1) is 5.82 Å². The van der Waals surface area contributed by atoms with Crippen LogP contribution in [0.15, 0.2) is 59.4 Å². The Labute approximate surface area is 149 Å². The molecule has 0 bridgehead atoms. The molecular weight excluding hydrogens is 335 g/mol. The summed E-state index contributed by atoms with van der Waals surface area (Å²) >= 11 is 0. The van der Waals surface area contributed by atoms with Gasteiger partial charge < -0.3 is 0 Å². The molecule has 0 atom stereocenters. The number of nitrogens with one attached hydrogen (secondary N) is 2. The normalized spacial score (nSPS) is 11.0. The number of hydrogen-bond acceptors (Lipinski definition) is 4. The Morgan fingerprint density at radius 1 is 1.19 bits per heavy atom. The molecule has 1 aromatic heterocycles. The summed E-state index contributed by atoms with van der Waals surface area (Å²) in [5, 5.41) is 0.516. The molecule has 7 heteroatoms. The molecule has 0 saturated heterocycles. The van der Waals surface area contributed by atoms with Crippen molar-refractivity contribution in [2.45, 2.75) is 13.5 Å². The summed E-state index contributed by atoms with van der Waals surface area (Å²) in [6.45, 7) is 2.22. The number of benzene rings is 2. The highest BCUT2D eigenvalue weighted by Crippen LogP contribution is 2.10. The van der Waals surface area contributed by atoms with Crippen molar-refractivity contribution in [2.75, 3.05) is 5.43 Å². The summed E-state index contributed by atoms with van der Waals surface area (Å²) < 4.78 is 14.3. The molecule has 0 saturated carbocycles. The van der Waals surface area contributed by atoms with Gasteiger partial charge in [0.1, 0.15) is 5.82 Å².